The molecule has 106 valence electrons. The van der Waals surface area contributed by atoms with E-state index in [1.165, 1.54) is 5.56 Å². The molecule has 2 N–H and O–H groups in total. The highest BCUT2D eigenvalue weighted by Gasteiger charge is 2.05. The molecule has 2 aromatic carbocycles. The van der Waals surface area contributed by atoms with Crippen molar-refractivity contribution in [1.29, 1.82) is 0 Å². The Hall–Kier alpha value is -2.00. The van der Waals surface area contributed by atoms with E-state index in [0.717, 1.165) is 29.0 Å². The highest BCUT2D eigenvalue weighted by atomic mass is 16.5. The molecule has 0 unspecified atom stereocenters. The normalized spacial score (nSPS) is 10.3. The third kappa shape index (κ3) is 3.52. The van der Waals surface area contributed by atoms with Crippen molar-refractivity contribution < 1.29 is 9.47 Å². The maximum absolute atomic E-state index is 5.83. The molecule has 0 aromatic heterocycles. The Kier molecular flexibility index (Phi) is 5.02. The molecule has 0 heterocycles. The molecule has 0 saturated heterocycles. The summed E-state index contributed by atoms with van der Waals surface area (Å²) in [4.78, 5) is 0. The van der Waals surface area contributed by atoms with E-state index in [4.69, 9.17) is 15.2 Å². The summed E-state index contributed by atoms with van der Waals surface area (Å²) in [6.45, 7) is 3.20. The molecular formula is C17H21NO2. The van der Waals surface area contributed by atoms with E-state index in [1.807, 2.05) is 36.4 Å². The predicted molar refractivity (Wildman–Crippen MR) is 81.0 cm³/mol. The first-order chi connectivity index (χ1) is 9.76. The fourth-order valence-electron chi connectivity index (χ4n) is 1.98. The molecule has 20 heavy (non-hydrogen) atoms. The van der Waals surface area contributed by atoms with Gasteiger partial charge in [0.1, 0.15) is 6.61 Å². The summed E-state index contributed by atoms with van der Waals surface area (Å²) >= 11 is 0. The van der Waals surface area contributed by atoms with Gasteiger partial charge in [-0.15, -0.1) is 0 Å². The van der Waals surface area contributed by atoms with Gasteiger partial charge in [-0.05, 0) is 35.2 Å². The van der Waals surface area contributed by atoms with Crippen molar-refractivity contribution >= 4 is 0 Å². The largest absolute Gasteiger partial charge is 0.493 e. The smallest absolute Gasteiger partial charge is 0.161 e. The summed E-state index contributed by atoms with van der Waals surface area (Å²) in [6.07, 6.45) is 0.983. The fourth-order valence-corrected chi connectivity index (χ4v) is 1.98. The third-order valence-corrected chi connectivity index (χ3v) is 3.29. The monoisotopic (exact) mass is 271 g/mol. The van der Waals surface area contributed by atoms with Gasteiger partial charge in [-0.1, -0.05) is 37.3 Å². The zero-order valence-electron chi connectivity index (χ0n) is 12.1. The Balaban J connectivity index is 2.05. The van der Waals surface area contributed by atoms with Crippen LogP contribution in [0.1, 0.15) is 23.6 Å². The van der Waals surface area contributed by atoms with E-state index in [2.05, 4.69) is 13.0 Å². The van der Waals surface area contributed by atoms with Crippen LogP contribution in [0.15, 0.2) is 42.5 Å². The summed E-state index contributed by atoms with van der Waals surface area (Å²) in [5, 5.41) is 0. The Morgan fingerprint density at radius 1 is 0.900 bits per heavy atom. The Morgan fingerprint density at radius 3 is 2.15 bits per heavy atom. The van der Waals surface area contributed by atoms with Gasteiger partial charge < -0.3 is 15.2 Å². The SMILES string of the molecule is CCc1ccc(OCc2ccc(CN)cc2)c(OC)c1. The molecule has 0 aliphatic heterocycles. The number of nitrogens with two attached hydrogens (primary N) is 1. The minimum absolute atomic E-state index is 0.521. The molecule has 0 fully saturated rings. The zero-order chi connectivity index (χ0) is 14.4. The molecule has 0 spiro atoms. The van der Waals surface area contributed by atoms with Crippen molar-refractivity contribution in [3.05, 3.63) is 59.2 Å². The first-order valence-electron chi connectivity index (χ1n) is 6.84. The minimum Gasteiger partial charge on any atom is -0.493 e. The maximum Gasteiger partial charge on any atom is 0.161 e. The van der Waals surface area contributed by atoms with Gasteiger partial charge in [-0.3, -0.25) is 0 Å². The fraction of sp³-hybridized carbons (Fsp3) is 0.294. The summed E-state index contributed by atoms with van der Waals surface area (Å²) in [6, 6.07) is 14.2. The summed E-state index contributed by atoms with van der Waals surface area (Å²) < 4.78 is 11.2. The average Bonchev–Trinajstić information content (AvgIpc) is 2.53. The average molecular weight is 271 g/mol. The van der Waals surface area contributed by atoms with Crippen molar-refractivity contribution in [2.75, 3.05) is 7.11 Å². The molecule has 3 heteroatoms. The second kappa shape index (κ2) is 6.96. The number of methoxy groups -OCH3 is 1. The molecule has 0 amide bonds. The molecule has 0 radical (unpaired) electrons. The summed E-state index contributed by atoms with van der Waals surface area (Å²) in [7, 11) is 1.66. The van der Waals surface area contributed by atoms with Gasteiger partial charge in [0, 0.05) is 6.54 Å². The highest BCUT2D eigenvalue weighted by Crippen LogP contribution is 2.29. The zero-order valence-corrected chi connectivity index (χ0v) is 12.1. The maximum atomic E-state index is 5.83. The van der Waals surface area contributed by atoms with Crippen molar-refractivity contribution in [2.24, 2.45) is 5.73 Å². The van der Waals surface area contributed by atoms with Crippen molar-refractivity contribution in [3.63, 3.8) is 0 Å². The molecule has 2 aromatic rings. The quantitative estimate of drug-likeness (QED) is 0.876. The second-order valence-electron chi connectivity index (χ2n) is 4.65. The molecule has 0 aliphatic rings. The summed E-state index contributed by atoms with van der Waals surface area (Å²) in [5.41, 5.74) is 9.06. The minimum atomic E-state index is 0.521. The van der Waals surface area contributed by atoms with Gasteiger partial charge >= 0.3 is 0 Å². The Morgan fingerprint density at radius 2 is 1.55 bits per heavy atom. The molecule has 3 nitrogen and oxygen atoms in total. The van der Waals surface area contributed by atoms with Crippen LogP contribution in [0.2, 0.25) is 0 Å². The van der Waals surface area contributed by atoms with Crippen LogP contribution < -0.4 is 15.2 Å². The van der Waals surface area contributed by atoms with Gasteiger partial charge in [0.25, 0.3) is 0 Å². The van der Waals surface area contributed by atoms with E-state index in [-0.39, 0.29) is 0 Å². The highest BCUT2D eigenvalue weighted by molar-refractivity contribution is 5.43. The van der Waals surface area contributed by atoms with Crippen LogP contribution in [-0.2, 0) is 19.6 Å². The van der Waals surface area contributed by atoms with Crippen molar-refractivity contribution in [2.45, 2.75) is 26.5 Å². The Labute approximate surface area is 120 Å². The number of benzene rings is 2. The topological polar surface area (TPSA) is 44.5 Å². The van der Waals surface area contributed by atoms with Crippen molar-refractivity contribution in [3.8, 4) is 11.5 Å². The predicted octanol–water partition coefficient (Wildman–Crippen LogP) is 3.30. The number of ether oxygens (including phenoxy) is 2. The van der Waals surface area contributed by atoms with Crippen LogP contribution in [0.3, 0.4) is 0 Å². The van der Waals surface area contributed by atoms with E-state index in [0.29, 0.717) is 13.2 Å². The molecule has 0 saturated carbocycles. The third-order valence-electron chi connectivity index (χ3n) is 3.29. The van der Waals surface area contributed by atoms with E-state index < -0.39 is 0 Å². The van der Waals surface area contributed by atoms with E-state index in [9.17, 15) is 0 Å². The van der Waals surface area contributed by atoms with Crippen LogP contribution in [0.5, 0.6) is 11.5 Å². The van der Waals surface area contributed by atoms with Crippen LogP contribution in [0.4, 0.5) is 0 Å². The number of aryl methyl sites for hydroxylation is 1. The van der Waals surface area contributed by atoms with E-state index >= 15 is 0 Å². The van der Waals surface area contributed by atoms with Crippen LogP contribution in [0, 0.1) is 0 Å². The molecule has 0 bridgehead atoms. The van der Waals surface area contributed by atoms with E-state index in [1.54, 1.807) is 7.11 Å². The lowest BCUT2D eigenvalue weighted by molar-refractivity contribution is 0.284. The van der Waals surface area contributed by atoms with Crippen LogP contribution in [-0.4, -0.2) is 7.11 Å². The molecule has 2 rings (SSSR count). The van der Waals surface area contributed by atoms with Gasteiger partial charge in [-0.2, -0.15) is 0 Å². The van der Waals surface area contributed by atoms with Gasteiger partial charge in [-0.25, -0.2) is 0 Å². The molecule has 0 atom stereocenters. The first-order valence-corrected chi connectivity index (χ1v) is 6.84. The second-order valence-corrected chi connectivity index (χ2v) is 4.65. The summed E-state index contributed by atoms with van der Waals surface area (Å²) in [5.74, 6) is 1.55. The van der Waals surface area contributed by atoms with Crippen LogP contribution >= 0.6 is 0 Å². The standard InChI is InChI=1S/C17H21NO2/c1-3-13-8-9-16(17(10-13)19-2)20-12-15-6-4-14(11-18)5-7-15/h4-10H,3,11-12,18H2,1-2H3. The first kappa shape index (κ1) is 14.4. The van der Waals surface area contributed by atoms with Gasteiger partial charge in [0.15, 0.2) is 11.5 Å². The van der Waals surface area contributed by atoms with Gasteiger partial charge in [0.2, 0.25) is 0 Å². The lowest BCUT2D eigenvalue weighted by Crippen LogP contribution is -2.00. The molecule has 0 aliphatic carbocycles. The van der Waals surface area contributed by atoms with Crippen molar-refractivity contribution in [1.82, 2.24) is 0 Å². The Bertz CT molecular complexity index is 549. The number of hydrogen-bond donors (Lipinski definition) is 1. The molecular weight excluding hydrogens is 250 g/mol. The lowest BCUT2D eigenvalue weighted by Gasteiger charge is -2.12. The van der Waals surface area contributed by atoms with Crippen LogP contribution in [0.25, 0.3) is 0 Å². The lowest BCUT2D eigenvalue weighted by atomic mass is 10.1. The number of rotatable bonds is 6. The number of hydrogen-bond acceptors (Lipinski definition) is 3. The van der Waals surface area contributed by atoms with Gasteiger partial charge in [0.05, 0.1) is 7.11 Å².